The van der Waals surface area contributed by atoms with Crippen molar-refractivity contribution >= 4 is 28.4 Å². The molecule has 2 aromatic carbocycles. The maximum atomic E-state index is 5.48. The fourth-order valence-electron chi connectivity index (χ4n) is 4.05. The Balaban J connectivity index is 1.55. The molecular weight excluding hydrogens is 454 g/mol. The highest BCUT2D eigenvalue weighted by Gasteiger charge is 2.13. The molecule has 0 spiro atoms. The van der Waals surface area contributed by atoms with Gasteiger partial charge in [0.1, 0.15) is 0 Å². The first-order chi connectivity index (χ1) is 17.1. The molecule has 0 bridgehead atoms. The summed E-state index contributed by atoms with van der Waals surface area (Å²) in [5.74, 6) is 0. The summed E-state index contributed by atoms with van der Waals surface area (Å²) in [5.41, 5.74) is 8.70. The Kier molecular flexibility index (Phi) is 6.88. The van der Waals surface area contributed by atoms with Crippen molar-refractivity contribution in [3.05, 3.63) is 93.9 Å². The Labute approximate surface area is 209 Å². The average Bonchev–Trinajstić information content (AvgIpc) is 3.28. The number of ether oxygens (including phenoxy) is 1. The summed E-state index contributed by atoms with van der Waals surface area (Å²) in [7, 11) is 0. The summed E-state index contributed by atoms with van der Waals surface area (Å²) in [4.78, 5) is 12.2. The van der Waals surface area contributed by atoms with Crippen LogP contribution in [0.2, 0.25) is 0 Å². The van der Waals surface area contributed by atoms with Crippen LogP contribution in [0.3, 0.4) is 0 Å². The van der Waals surface area contributed by atoms with Crippen LogP contribution in [0, 0.1) is 13.8 Å². The van der Waals surface area contributed by atoms with Crippen molar-refractivity contribution in [1.82, 2.24) is 9.66 Å². The van der Waals surface area contributed by atoms with Crippen molar-refractivity contribution in [2.24, 2.45) is 10.1 Å². The van der Waals surface area contributed by atoms with E-state index in [-0.39, 0.29) is 0 Å². The lowest BCUT2D eigenvalue weighted by Gasteiger charge is -2.28. The third kappa shape index (κ3) is 5.26. The molecule has 0 atom stereocenters. The van der Waals surface area contributed by atoms with Gasteiger partial charge >= 0.3 is 0 Å². The second-order valence-electron chi connectivity index (χ2n) is 8.67. The van der Waals surface area contributed by atoms with Crippen molar-refractivity contribution in [3.63, 3.8) is 0 Å². The number of anilines is 1. The van der Waals surface area contributed by atoms with Crippen LogP contribution < -0.4 is 9.70 Å². The van der Waals surface area contributed by atoms with E-state index in [0.717, 1.165) is 59.3 Å². The van der Waals surface area contributed by atoms with Gasteiger partial charge in [-0.15, -0.1) is 11.3 Å². The van der Waals surface area contributed by atoms with Crippen molar-refractivity contribution in [3.8, 4) is 11.3 Å². The van der Waals surface area contributed by atoms with Gasteiger partial charge in [-0.25, -0.2) is 9.67 Å². The standard InChI is InChI=1S/C28H29N5OS/c1-20-6-7-24(17-21(20)2)27-19-35-28(30-25-5-4-12-29-18-25)33(27)31-22(3)23-8-10-26(11-9-23)32-13-15-34-16-14-32/h4-12,17-19H,13-16H2,1-3H3. The fraction of sp³-hybridized carbons (Fsp3) is 0.250. The van der Waals surface area contributed by atoms with Crippen LogP contribution >= 0.6 is 11.3 Å². The van der Waals surface area contributed by atoms with Crippen LogP contribution in [-0.2, 0) is 4.74 Å². The Morgan fingerprint density at radius 3 is 2.51 bits per heavy atom. The summed E-state index contributed by atoms with van der Waals surface area (Å²) in [6.07, 6.45) is 3.52. The van der Waals surface area contributed by atoms with Gasteiger partial charge in [0.2, 0.25) is 4.80 Å². The lowest BCUT2D eigenvalue weighted by Crippen LogP contribution is -2.36. The fourth-order valence-corrected chi connectivity index (χ4v) is 4.90. The summed E-state index contributed by atoms with van der Waals surface area (Å²) < 4.78 is 7.43. The number of thiazole rings is 1. The number of aromatic nitrogens is 2. The third-order valence-electron chi connectivity index (χ3n) is 6.27. The molecule has 6 nitrogen and oxygen atoms in total. The molecule has 3 heterocycles. The largest absolute Gasteiger partial charge is 0.378 e. The highest BCUT2D eigenvalue weighted by Crippen LogP contribution is 2.24. The molecule has 2 aromatic heterocycles. The predicted octanol–water partition coefficient (Wildman–Crippen LogP) is 5.57. The topological polar surface area (TPSA) is 55.0 Å². The number of pyridine rings is 1. The van der Waals surface area contributed by atoms with E-state index >= 15 is 0 Å². The van der Waals surface area contributed by atoms with Crippen LogP contribution in [0.15, 0.2) is 82.5 Å². The summed E-state index contributed by atoms with van der Waals surface area (Å²) in [5, 5.41) is 7.17. The van der Waals surface area contributed by atoms with Gasteiger partial charge in [-0.05, 0) is 67.8 Å². The second-order valence-corrected chi connectivity index (χ2v) is 9.51. The van der Waals surface area contributed by atoms with Crippen molar-refractivity contribution in [2.45, 2.75) is 20.8 Å². The van der Waals surface area contributed by atoms with E-state index in [1.807, 2.05) is 23.7 Å². The average molecular weight is 484 g/mol. The molecular formula is C28H29N5OS. The molecule has 5 rings (SSSR count). The molecule has 0 radical (unpaired) electrons. The van der Waals surface area contributed by atoms with Gasteiger partial charge in [-0.2, -0.15) is 5.10 Å². The number of hydrogen-bond acceptors (Lipinski definition) is 6. The molecule has 1 aliphatic rings. The monoisotopic (exact) mass is 483 g/mol. The molecule has 178 valence electrons. The van der Waals surface area contributed by atoms with Gasteiger partial charge in [-0.3, -0.25) is 4.98 Å². The number of rotatable bonds is 5. The van der Waals surface area contributed by atoms with Gasteiger partial charge in [0.15, 0.2) is 0 Å². The van der Waals surface area contributed by atoms with Crippen molar-refractivity contribution in [2.75, 3.05) is 31.2 Å². The van der Waals surface area contributed by atoms with Crippen LogP contribution in [0.1, 0.15) is 23.6 Å². The Bertz CT molecular complexity index is 1400. The first-order valence-electron chi connectivity index (χ1n) is 11.8. The predicted molar refractivity (Wildman–Crippen MR) is 144 cm³/mol. The lowest BCUT2D eigenvalue weighted by molar-refractivity contribution is 0.122. The number of morpholine rings is 1. The van der Waals surface area contributed by atoms with Crippen LogP contribution in [0.5, 0.6) is 0 Å². The highest BCUT2D eigenvalue weighted by molar-refractivity contribution is 7.07. The van der Waals surface area contributed by atoms with E-state index in [1.165, 1.54) is 16.8 Å². The molecule has 0 unspecified atom stereocenters. The molecule has 1 saturated heterocycles. The van der Waals surface area contributed by atoms with Gasteiger partial charge in [0, 0.05) is 35.9 Å². The molecule has 0 amide bonds. The second kappa shape index (κ2) is 10.4. The summed E-state index contributed by atoms with van der Waals surface area (Å²) in [6, 6.07) is 19.0. The van der Waals surface area contributed by atoms with Crippen LogP contribution in [0.4, 0.5) is 11.4 Å². The smallest absolute Gasteiger partial charge is 0.211 e. The number of nitrogens with zero attached hydrogens (tertiary/aromatic N) is 5. The van der Waals surface area contributed by atoms with E-state index in [0.29, 0.717) is 0 Å². The van der Waals surface area contributed by atoms with Crippen molar-refractivity contribution < 1.29 is 4.74 Å². The van der Waals surface area contributed by atoms with E-state index in [1.54, 1.807) is 23.7 Å². The molecule has 0 saturated carbocycles. The highest BCUT2D eigenvalue weighted by atomic mass is 32.1. The van der Waals surface area contributed by atoms with E-state index in [2.05, 4.69) is 71.6 Å². The maximum Gasteiger partial charge on any atom is 0.211 e. The SMILES string of the molecule is CC(=Nn1c(-c2ccc(C)c(C)c2)csc1=Nc1cccnc1)c1ccc(N2CCOCC2)cc1. The zero-order valence-corrected chi connectivity index (χ0v) is 21.1. The van der Waals surface area contributed by atoms with Gasteiger partial charge in [-0.1, -0.05) is 24.3 Å². The van der Waals surface area contributed by atoms with Crippen LogP contribution in [0.25, 0.3) is 11.3 Å². The van der Waals surface area contributed by atoms with Gasteiger partial charge in [0.25, 0.3) is 0 Å². The normalized spacial score (nSPS) is 15.0. The molecule has 0 aliphatic carbocycles. The number of hydrogen-bond donors (Lipinski definition) is 0. The first kappa shape index (κ1) is 23.2. The zero-order valence-electron chi connectivity index (χ0n) is 20.3. The molecule has 0 N–H and O–H groups in total. The molecule has 35 heavy (non-hydrogen) atoms. The first-order valence-corrected chi connectivity index (χ1v) is 12.7. The number of benzene rings is 2. The summed E-state index contributed by atoms with van der Waals surface area (Å²) >= 11 is 1.58. The Morgan fingerprint density at radius 2 is 1.80 bits per heavy atom. The zero-order chi connectivity index (χ0) is 24.2. The molecule has 4 aromatic rings. The molecule has 1 fully saturated rings. The minimum absolute atomic E-state index is 0.779. The maximum absolute atomic E-state index is 5.48. The van der Waals surface area contributed by atoms with Gasteiger partial charge < -0.3 is 9.64 Å². The number of aryl methyl sites for hydroxylation is 2. The van der Waals surface area contributed by atoms with E-state index in [9.17, 15) is 0 Å². The van der Waals surface area contributed by atoms with Crippen LogP contribution in [-0.4, -0.2) is 41.7 Å². The van der Waals surface area contributed by atoms with E-state index in [4.69, 9.17) is 14.8 Å². The minimum atomic E-state index is 0.779. The van der Waals surface area contributed by atoms with Crippen molar-refractivity contribution in [1.29, 1.82) is 0 Å². The molecule has 1 aliphatic heterocycles. The van der Waals surface area contributed by atoms with E-state index < -0.39 is 0 Å². The summed E-state index contributed by atoms with van der Waals surface area (Å²) in [6.45, 7) is 9.73. The Hall–Kier alpha value is -3.55. The third-order valence-corrected chi connectivity index (χ3v) is 7.09. The molecule has 7 heteroatoms. The van der Waals surface area contributed by atoms with Gasteiger partial charge in [0.05, 0.1) is 36.5 Å². The quantitative estimate of drug-likeness (QED) is 0.349. The Morgan fingerprint density at radius 1 is 1.00 bits per heavy atom. The lowest BCUT2D eigenvalue weighted by atomic mass is 10.1. The minimum Gasteiger partial charge on any atom is -0.378 e.